The van der Waals surface area contributed by atoms with E-state index in [4.69, 9.17) is 9.84 Å². The molecule has 1 aliphatic heterocycles. The van der Waals surface area contributed by atoms with Gasteiger partial charge in [-0.25, -0.2) is 9.48 Å². The number of nitrogens with one attached hydrogen (secondary N) is 1. The lowest BCUT2D eigenvalue weighted by Gasteiger charge is -2.32. The van der Waals surface area contributed by atoms with E-state index in [0.717, 1.165) is 67.7 Å². The molecular weight excluding hydrogens is 414 g/mol. The molecule has 33 heavy (non-hydrogen) atoms. The number of aryl methyl sites for hydroxylation is 1. The summed E-state index contributed by atoms with van der Waals surface area (Å²) in [5.74, 6) is 0. The Kier molecular flexibility index (Phi) is 6.41. The van der Waals surface area contributed by atoms with Crippen LogP contribution in [0.2, 0.25) is 0 Å². The molecule has 0 amide bonds. The van der Waals surface area contributed by atoms with Gasteiger partial charge in [0, 0.05) is 31.9 Å². The molecule has 7 nitrogen and oxygen atoms in total. The summed E-state index contributed by atoms with van der Waals surface area (Å²) in [4.78, 5) is 18.0. The maximum Gasteiger partial charge on any atom is 0.326 e. The standard InChI is InChI=1S/C26H31N5O2/c1-33-19-20-18-23(31(28-20)22-8-3-2-4-9-22)10-7-15-29-16-13-21(14-17-29)30-25-12-6-5-11-24(25)27-26(30)32/h2-6,8-9,11-12,18,21H,7,10,13-17,19H2,1H3,(H,27,32). The van der Waals surface area contributed by atoms with E-state index in [0.29, 0.717) is 6.61 Å². The summed E-state index contributed by atoms with van der Waals surface area (Å²) in [6.45, 7) is 3.61. The topological polar surface area (TPSA) is 68.1 Å². The number of aromatic amines is 1. The molecule has 1 saturated heterocycles. The molecule has 0 aliphatic carbocycles. The van der Waals surface area contributed by atoms with Gasteiger partial charge in [-0.1, -0.05) is 30.3 Å². The normalized spacial score (nSPS) is 15.4. The van der Waals surface area contributed by atoms with Crippen LogP contribution in [0, 0.1) is 0 Å². The Morgan fingerprint density at radius 1 is 1.06 bits per heavy atom. The average molecular weight is 446 g/mol. The zero-order valence-corrected chi connectivity index (χ0v) is 19.1. The van der Waals surface area contributed by atoms with Crippen molar-refractivity contribution in [1.82, 2.24) is 24.2 Å². The van der Waals surface area contributed by atoms with Gasteiger partial charge in [0.15, 0.2) is 0 Å². The second-order valence-corrected chi connectivity index (χ2v) is 8.80. The zero-order valence-electron chi connectivity index (χ0n) is 19.1. The Morgan fingerprint density at radius 2 is 1.82 bits per heavy atom. The fraction of sp³-hybridized carbons (Fsp3) is 0.385. The largest absolute Gasteiger partial charge is 0.378 e. The van der Waals surface area contributed by atoms with Gasteiger partial charge in [-0.15, -0.1) is 0 Å². The molecular formula is C26H31N5O2. The van der Waals surface area contributed by atoms with Gasteiger partial charge in [0.2, 0.25) is 0 Å². The number of para-hydroxylation sites is 3. The maximum absolute atomic E-state index is 12.5. The number of nitrogens with zero attached hydrogens (tertiary/aromatic N) is 4. The average Bonchev–Trinajstić information content (AvgIpc) is 3.40. The minimum Gasteiger partial charge on any atom is -0.378 e. The van der Waals surface area contributed by atoms with E-state index in [1.807, 2.05) is 51.7 Å². The number of imidazole rings is 1. The van der Waals surface area contributed by atoms with Crippen molar-refractivity contribution in [2.75, 3.05) is 26.7 Å². The summed E-state index contributed by atoms with van der Waals surface area (Å²) in [5.41, 5.74) is 5.21. The number of piperidine rings is 1. The number of fused-ring (bicyclic) bond motifs is 1. The minimum atomic E-state index is 0.00990. The molecule has 5 rings (SSSR count). The smallest absolute Gasteiger partial charge is 0.326 e. The van der Waals surface area contributed by atoms with Gasteiger partial charge >= 0.3 is 5.69 Å². The van der Waals surface area contributed by atoms with Gasteiger partial charge < -0.3 is 14.6 Å². The molecule has 0 bridgehead atoms. The molecule has 1 N–H and O–H groups in total. The first-order valence-corrected chi connectivity index (χ1v) is 11.8. The van der Waals surface area contributed by atoms with Crippen molar-refractivity contribution in [1.29, 1.82) is 0 Å². The third-order valence-corrected chi connectivity index (χ3v) is 6.58. The summed E-state index contributed by atoms with van der Waals surface area (Å²) in [5, 5.41) is 4.75. The lowest BCUT2D eigenvalue weighted by Crippen LogP contribution is -2.37. The van der Waals surface area contributed by atoms with E-state index >= 15 is 0 Å². The van der Waals surface area contributed by atoms with Gasteiger partial charge in [0.05, 0.1) is 29.0 Å². The van der Waals surface area contributed by atoms with Crippen LogP contribution in [0.4, 0.5) is 0 Å². The highest BCUT2D eigenvalue weighted by Gasteiger charge is 2.23. The van der Waals surface area contributed by atoms with E-state index < -0.39 is 0 Å². The Hall–Kier alpha value is -3.16. The second-order valence-electron chi connectivity index (χ2n) is 8.80. The monoisotopic (exact) mass is 445 g/mol. The highest BCUT2D eigenvalue weighted by atomic mass is 16.5. The molecule has 0 saturated carbocycles. The summed E-state index contributed by atoms with van der Waals surface area (Å²) in [6.07, 6.45) is 4.04. The molecule has 2 aromatic heterocycles. The van der Waals surface area contributed by atoms with Crippen molar-refractivity contribution >= 4 is 11.0 Å². The zero-order chi connectivity index (χ0) is 22.6. The third-order valence-electron chi connectivity index (χ3n) is 6.58. The van der Waals surface area contributed by atoms with Crippen LogP contribution in [0.15, 0.2) is 65.5 Å². The quantitative estimate of drug-likeness (QED) is 0.446. The van der Waals surface area contributed by atoms with E-state index in [9.17, 15) is 4.79 Å². The first-order valence-electron chi connectivity index (χ1n) is 11.8. The number of hydrogen-bond acceptors (Lipinski definition) is 4. The van der Waals surface area contributed by atoms with Crippen molar-refractivity contribution in [2.45, 2.75) is 38.3 Å². The van der Waals surface area contributed by atoms with E-state index in [-0.39, 0.29) is 11.7 Å². The van der Waals surface area contributed by atoms with Crippen molar-refractivity contribution in [3.8, 4) is 5.69 Å². The molecule has 0 atom stereocenters. The van der Waals surface area contributed by atoms with Crippen LogP contribution in [0.5, 0.6) is 0 Å². The maximum atomic E-state index is 12.5. The third kappa shape index (κ3) is 4.65. The highest BCUT2D eigenvalue weighted by Crippen LogP contribution is 2.25. The summed E-state index contributed by atoms with van der Waals surface area (Å²) >= 11 is 0. The number of rotatable bonds is 8. The van der Waals surface area contributed by atoms with E-state index in [1.165, 1.54) is 5.69 Å². The van der Waals surface area contributed by atoms with Gasteiger partial charge in [-0.3, -0.25) is 4.57 Å². The fourth-order valence-electron chi connectivity index (χ4n) is 4.99. The predicted molar refractivity (Wildman–Crippen MR) is 130 cm³/mol. The Balaban J connectivity index is 1.19. The summed E-state index contributed by atoms with van der Waals surface area (Å²) in [7, 11) is 1.70. The van der Waals surface area contributed by atoms with Crippen LogP contribution in [0.1, 0.15) is 36.7 Å². The number of methoxy groups -OCH3 is 1. The van der Waals surface area contributed by atoms with E-state index in [1.54, 1.807) is 7.11 Å². The van der Waals surface area contributed by atoms with Gasteiger partial charge in [-0.2, -0.15) is 5.10 Å². The summed E-state index contributed by atoms with van der Waals surface area (Å²) in [6, 6.07) is 20.7. The molecule has 2 aromatic carbocycles. The SMILES string of the molecule is COCc1cc(CCCN2CCC(n3c(=O)[nH]c4ccccc43)CC2)n(-c2ccccc2)n1. The van der Waals surface area contributed by atoms with Crippen LogP contribution in [-0.2, 0) is 17.8 Å². The first-order chi connectivity index (χ1) is 16.2. The lowest BCUT2D eigenvalue weighted by molar-refractivity contribution is 0.181. The van der Waals surface area contributed by atoms with Crippen molar-refractivity contribution in [2.24, 2.45) is 0 Å². The number of ether oxygens (including phenoxy) is 1. The molecule has 172 valence electrons. The Morgan fingerprint density at radius 3 is 2.61 bits per heavy atom. The number of H-pyrrole nitrogens is 1. The van der Waals surface area contributed by atoms with Crippen molar-refractivity contribution in [3.63, 3.8) is 0 Å². The van der Waals surface area contributed by atoms with Crippen LogP contribution in [0.3, 0.4) is 0 Å². The van der Waals surface area contributed by atoms with Crippen LogP contribution in [-0.4, -0.2) is 51.0 Å². The first kappa shape index (κ1) is 21.7. The Bertz CT molecular complexity index is 1250. The van der Waals surface area contributed by atoms with Crippen LogP contribution in [0.25, 0.3) is 16.7 Å². The molecule has 3 heterocycles. The number of hydrogen-bond donors (Lipinski definition) is 1. The fourth-order valence-corrected chi connectivity index (χ4v) is 4.99. The number of benzene rings is 2. The van der Waals surface area contributed by atoms with Gasteiger partial charge in [0.1, 0.15) is 0 Å². The molecule has 0 radical (unpaired) electrons. The molecule has 1 fully saturated rings. The van der Waals surface area contributed by atoms with Crippen molar-refractivity contribution in [3.05, 3.63) is 82.5 Å². The van der Waals surface area contributed by atoms with Gasteiger partial charge in [0.25, 0.3) is 0 Å². The number of aromatic nitrogens is 4. The molecule has 7 heteroatoms. The molecule has 0 unspecified atom stereocenters. The molecule has 0 spiro atoms. The minimum absolute atomic E-state index is 0.00990. The molecule has 1 aliphatic rings. The highest BCUT2D eigenvalue weighted by molar-refractivity contribution is 5.75. The Labute approximate surface area is 193 Å². The van der Waals surface area contributed by atoms with Gasteiger partial charge in [-0.05, 0) is 62.6 Å². The van der Waals surface area contributed by atoms with E-state index in [2.05, 4.69) is 28.1 Å². The van der Waals surface area contributed by atoms with Crippen LogP contribution >= 0.6 is 0 Å². The van der Waals surface area contributed by atoms with Crippen molar-refractivity contribution < 1.29 is 4.74 Å². The lowest BCUT2D eigenvalue weighted by atomic mass is 10.0. The second kappa shape index (κ2) is 9.77. The summed E-state index contributed by atoms with van der Waals surface area (Å²) < 4.78 is 9.30. The number of likely N-dealkylation sites (tertiary alicyclic amines) is 1. The molecule has 4 aromatic rings. The predicted octanol–water partition coefficient (Wildman–Crippen LogP) is 3.93. The van der Waals surface area contributed by atoms with Crippen LogP contribution < -0.4 is 5.69 Å².